The molecule has 2 N–H and O–H groups in total. The molecule has 0 atom stereocenters. The molecule has 0 aliphatic carbocycles. The number of ether oxygens (including phenoxy) is 1. The predicted molar refractivity (Wildman–Crippen MR) is 73.7 cm³/mol. The normalized spacial score (nSPS) is 9.89. The Bertz CT molecular complexity index is 617. The Kier molecular flexibility index (Phi) is 3.99. The molecule has 96 valence electrons. The number of nitrogen functional groups attached to an aromatic ring is 1. The molecule has 0 aliphatic rings. The lowest BCUT2D eigenvalue weighted by Crippen LogP contribution is -2.06. The molecule has 0 bridgehead atoms. The van der Waals surface area contributed by atoms with Crippen LogP contribution in [0, 0.1) is 18.3 Å². The summed E-state index contributed by atoms with van der Waals surface area (Å²) >= 11 is 0. The first-order valence-corrected chi connectivity index (χ1v) is 6.04. The van der Waals surface area contributed by atoms with Gasteiger partial charge in [-0.2, -0.15) is 5.26 Å². The molecule has 4 nitrogen and oxygen atoms in total. The van der Waals surface area contributed by atoms with Crippen LogP contribution in [0.4, 0.5) is 5.69 Å². The molecule has 0 fully saturated rings. The number of aromatic nitrogens is 1. The second-order valence-corrected chi connectivity index (χ2v) is 4.21. The Labute approximate surface area is 112 Å². The molecule has 0 saturated carbocycles. The van der Waals surface area contributed by atoms with E-state index in [0.29, 0.717) is 24.5 Å². The van der Waals surface area contributed by atoms with E-state index in [9.17, 15) is 0 Å². The number of nitrogens with two attached hydrogens (primary N) is 1. The summed E-state index contributed by atoms with van der Waals surface area (Å²) < 4.78 is 5.58. The summed E-state index contributed by atoms with van der Waals surface area (Å²) in [7, 11) is 0. The van der Waals surface area contributed by atoms with Crippen molar-refractivity contribution in [1.82, 2.24) is 4.98 Å². The lowest BCUT2D eigenvalue weighted by atomic mass is 10.1. The maximum atomic E-state index is 8.98. The first kappa shape index (κ1) is 12.9. The summed E-state index contributed by atoms with van der Waals surface area (Å²) in [6.07, 6.45) is 0.688. The highest BCUT2D eigenvalue weighted by Crippen LogP contribution is 2.16. The van der Waals surface area contributed by atoms with E-state index in [1.807, 2.05) is 31.2 Å². The number of para-hydroxylation sites is 1. The Morgan fingerprint density at radius 1 is 1.26 bits per heavy atom. The van der Waals surface area contributed by atoms with Crippen molar-refractivity contribution in [1.29, 1.82) is 5.26 Å². The molecule has 1 aromatic carbocycles. The van der Waals surface area contributed by atoms with E-state index in [1.54, 1.807) is 12.1 Å². The zero-order chi connectivity index (χ0) is 13.7. The number of aryl methyl sites for hydroxylation is 1. The van der Waals surface area contributed by atoms with Crippen molar-refractivity contribution >= 4 is 5.69 Å². The number of anilines is 1. The first-order chi connectivity index (χ1) is 9.20. The Balaban J connectivity index is 2.02. The van der Waals surface area contributed by atoms with Gasteiger partial charge in [-0.05, 0) is 30.7 Å². The average Bonchev–Trinajstić information content (AvgIpc) is 2.41. The number of nitrogens with zero attached hydrogens (tertiary/aromatic N) is 2. The SMILES string of the molecule is Cc1ccc(C#N)c(OCCc2ccccc2N)n1. The molecular weight excluding hydrogens is 238 g/mol. The number of hydrogen-bond donors (Lipinski definition) is 1. The average molecular weight is 253 g/mol. The molecule has 0 unspecified atom stereocenters. The van der Waals surface area contributed by atoms with E-state index in [1.165, 1.54) is 0 Å². The van der Waals surface area contributed by atoms with Gasteiger partial charge in [0.1, 0.15) is 11.6 Å². The number of hydrogen-bond acceptors (Lipinski definition) is 4. The third-order valence-corrected chi connectivity index (χ3v) is 2.79. The van der Waals surface area contributed by atoms with Gasteiger partial charge in [-0.3, -0.25) is 0 Å². The fourth-order valence-electron chi connectivity index (χ4n) is 1.75. The largest absolute Gasteiger partial charge is 0.476 e. The lowest BCUT2D eigenvalue weighted by Gasteiger charge is -2.08. The van der Waals surface area contributed by atoms with Crippen molar-refractivity contribution in [2.45, 2.75) is 13.3 Å². The molecule has 1 aromatic heterocycles. The van der Waals surface area contributed by atoms with Crippen molar-refractivity contribution < 1.29 is 4.74 Å². The number of nitriles is 1. The van der Waals surface area contributed by atoms with Crippen molar-refractivity contribution in [3.8, 4) is 11.9 Å². The van der Waals surface area contributed by atoms with Gasteiger partial charge >= 0.3 is 0 Å². The highest BCUT2D eigenvalue weighted by molar-refractivity contribution is 5.46. The minimum absolute atomic E-state index is 0.386. The Morgan fingerprint density at radius 3 is 2.79 bits per heavy atom. The fourth-order valence-corrected chi connectivity index (χ4v) is 1.75. The van der Waals surface area contributed by atoms with Gasteiger partial charge in [0, 0.05) is 17.8 Å². The molecule has 0 saturated heterocycles. The third kappa shape index (κ3) is 3.23. The van der Waals surface area contributed by atoms with Gasteiger partial charge < -0.3 is 10.5 Å². The minimum Gasteiger partial charge on any atom is -0.476 e. The fraction of sp³-hybridized carbons (Fsp3) is 0.200. The van der Waals surface area contributed by atoms with Crippen molar-refractivity contribution in [2.24, 2.45) is 0 Å². The molecular formula is C15H15N3O. The number of pyridine rings is 1. The van der Waals surface area contributed by atoms with Crippen molar-refractivity contribution in [2.75, 3.05) is 12.3 Å². The molecule has 0 spiro atoms. The summed E-state index contributed by atoms with van der Waals surface area (Å²) in [5, 5.41) is 8.98. The van der Waals surface area contributed by atoms with Gasteiger partial charge in [0.15, 0.2) is 0 Å². The predicted octanol–water partition coefficient (Wildman–Crippen LogP) is 2.47. The summed E-state index contributed by atoms with van der Waals surface area (Å²) in [6, 6.07) is 13.2. The number of rotatable bonds is 4. The van der Waals surface area contributed by atoms with Gasteiger partial charge in [0.05, 0.1) is 6.61 Å². The highest BCUT2D eigenvalue weighted by Gasteiger charge is 2.06. The summed E-state index contributed by atoms with van der Waals surface area (Å²) in [5.41, 5.74) is 8.92. The zero-order valence-electron chi connectivity index (χ0n) is 10.8. The number of benzene rings is 1. The maximum Gasteiger partial charge on any atom is 0.231 e. The van der Waals surface area contributed by atoms with E-state index in [2.05, 4.69) is 11.1 Å². The molecule has 0 radical (unpaired) electrons. The Morgan fingerprint density at radius 2 is 2.05 bits per heavy atom. The second-order valence-electron chi connectivity index (χ2n) is 4.21. The van der Waals surface area contributed by atoms with Crippen LogP contribution in [-0.2, 0) is 6.42 Å². The highest BCUT2D eigenvalue weighted by atomic mass is 16.5. The van der Waals surface area contributed by atoms with Crippen LogP contribution < -0.4 is 10.5 Å². The van der Waals surface area contributed by atoms with Crippen LogP contribution in [-0.4, -0.2) is 11.6 Å². The van der Waals surface area contributed by atoms with Gasteiger partial charge in [-0.1, -0.05) is 18.2 Å². The van der Waals surface area contributed by atoms with E-state index in [0.717, 1.165) is 16.9 Å². The van der Waals surface area contributed by atoms with Crippen LogP contribution in [0.1, 0.15) is 16.8 Å². The standard InChI is InChI=1S/C15H15N3O/c1-11-6-7-13(10-16)15(18-11)19-9-8-12-4-2-3-5-14(12)17/h2-7H,8-9,17H2,1H3. The molecule has 2 aromatic rings. The zero-order valence-corrected chi connectivity index (χ0v) is 10.8. The van der Waals surface area contributed by atoms with Crippen molar-refractivity contribution in [3.63, 3.8) is 0 Å². The minimum atomic E-state index is 0.386. The van der Waals surface area contributed by atoms with Crippen LogP contribution in [0.5, 0.6) is 5.88 Å². The third-order valence-electron chi connectivity index (χ3n) is 2.79. The van der Waals surface area contributed by atoms with E-state index in [-0.39, 0.29) is 0 Å². The molecule has 19 heavy (non-hydrogen) atoms. The summed E-state index contributed by atoms with van der Waals surface area (Å²) in [5.74, 6) is 0.386. The van der Waals surface area contributed by atoms with Crippen LogP contribution in [0.3, 0.4) is 0 Å². The van der Waals surface area contributed by atoms with Gasteiger partial charge in [0.2, 0.25) is 5.88 Å². The maximum absolute atomic E-state index is 8.98. The topological polar surface area (TPSA) is 71.9 Å². The van der Waals surface area contributed by atoms with Gasteiger partial charge in [0.25, 0.3) is 0 Å². The molecule has 1 heterocycles. The van der Waals surface area contributed by atoms with Crippen molar-refractivity contribution in [3.05, 3.63) is 53.2 Å². The van der Waals surface area contributed by atoms with Gasteiger partial charge in [-0.15, -0.1) is 0 Å². The molecule has 0 aliphatic heterocycles. The first-order valence-electron chi connectivity index (χ1n) is 6.04. The van der Waals surface area contributed by atoms with E-state index >= 15 is 0 Å². The monoisotopic (exact) mass is 253 g/mol. The quantitative estimate of drug-likeness (QED) is 0.849. The smallest absolute Gasteiger partial charge is 0.231 e. The second kappa shape index (κ2) is 5.87. The van der Waals surface area contributed by atoms with E-state index < -0.39 is 0 Å². The van der Waals surface area contributed by atoms with Gasteiger partial charge in [-0.25, -0.2) is 4.98 Å². The van der Waals surface area contributed by atoms with E-state index in [4.69, 9.17) is 15.7 Å². The molecule has 2 rings (SSSR count). The summed E-state index contributed by atoms with van der Waals surface area (Å²) in [6.45, 7) is 2.31. The van der Waals surface area contributed by atoms with Crippen LogP contribution in [0.15, 0.2) is 36.4 Å². The van der Waals surface area contributed by atoms with Crippen LogP contribution in [0.2, 0.25) is 0 Å². The molecule has 4 heteroatoms. The Hall–Kier alpha value is -2.54. The molecule has 0 amide bonds. The van der Waals surface area contributed by atoms with Crippen LogP contribution >= 0.6 is 0 Å². The summed E-state index contributed by atoms with van der Waals surface area (Å²) in [4.78, 5) is 4.22. The lowest BCUT2D eigenvalue weighted by molar-refractivity contribution is 0.308. The van der Waals surface area contributed by atoms with Crippen LogP contribution in [0.25, 0.3) is 0 Å².